The fourth-order valence-corrected chi connectivity index (χ4v) is 1.02. The summed E-state index contributed by atoms with van der Waals surface area (Å²) < 4.78 is 11.7. The van der Waals surface area contributed by atoms with Crippen molar-refractivity contribution in [3.05, 3.63) is 46.0 Å². The first-order valence-corrected chi connectivity index (χ1v) is 5.58. The lowest BCUT2D eigenvalue weighted by Crippen LogP contribution is -2.49. The van der Waals surface area contributed by atoms with Crippen molar-refractivity contribution in [3.8, 4) is 0 Å². The van der Waals surface area contributed by atoms with Crippen LogP contribution < -0.4 is 0 Å². The molecule has 0 aliphatic rings. The molecule has 3 N–H and O–H groups in total. The molecule has 1 aromatic carbocycles. The minimum Gasteiger partial charge on any atom is -0.389 e. The maximum absolute atomic E-state index is 11.7. The second kappa shape index (κ2) is 9.08. The molecule has 0 heterocycles. The summed E-state index contributed by atoms with van der Waals surface area (Å²) in [4.78, 5) is 19.8. The van der Waals surface area contributed by atoms with Gasteiger partial charge in [0.2, 0.25) is 0 Å². The van der Waals surface area contributed by atoms with Gasteiger partial charge < -0.3 is 15.3 Å². The van der Waals surface area contributed by atoms with E-state index in [4.69, 9.17) is 15.3 Å². The summed E-state index contributed by atoms with van der Waals surface area (Å²) in [6, 6.07) is 8.41. The molecule has 0 aliphatic carbocycles. The second-order valence-corrected chi connectivity index (χ2v) is 3.88. The van der Waals surface area contributed by atoms with E-state index < -0.39 is 42.7 Å². The van der Waals surface area contributed by atoms with Crippen molar-refractivity contribution in [2.24, 2.45) is 0 Å². The predicted molar refractivity (Wildman–Crippen MR) is 67.7 cm³/mol. The number of hydrogen-bond donors (Lipinski definition) is 3. The van der Waals surface area contributed by atoms with Crippen LogP contribution in [0.15, 0.2) is 30.3 Å². The molecule has 20 heavy (non-hydrogen) atoms. The molecule has 0 spiro atoms. The number of nitrogens with zero attached hydrogens (tertiary/aromatic N) is 1. The molecule has 0 unspecified atom stereocenters. The molecule has 0 atom stereocenters. The molecule has 0 aliphatic heterocycles. The number of aliphatic hydroxyl groups excluding tert-OH is 3. The molecule has 1 rings (SSSR count). The van der Waals surface area contributed by atoms with Crippen molar-refractivity contribution >= 4 is 5.78 Å². The quantitative estimate of drug-likeness (QED) is 0.379. The lowest BCUT2D eigenvalue weighted by atomic mass is 10.1. The van der Waals surface area contributed by atoms with E-state index in [1.54, 1.807) is 30.3 Å². The van der Waals surface area contributed by atoms with Gasteiger partial charge in [0.1, 0.15) is 19.8 Å². The maximum Gasteiger partial charge on any atom is 0.289 e. The van der Waals surface area contributed by atoms with Gasteiger partial charge in [-0.2, -0.15) is 0 Å². The van der Waals surface area contributed by atoms with Crippen molar-refractivity contribution < 1.29 is 29.4 Å². The number of Topliss-reactive ketones (excluding diaryl/α,β-unsaturated/α-hetero) is 1. The van der Waals surface area contributed by atoms with Crippen molar-refractivity contribution in [2.45, 2.75) is 5.54 Å². The van der Waals surface area contributed by atoms with Crippen LogP contribution in [0, 0.1) is 10.1 Å². The minimum absolute atomic E-state index is 0.435. The van der Waals surface area contributed by atoms with Crippen LogP contribution in [-0.4, -0.2) is 58.1 Å². The maximum atomic E-state index is 11.7. The van der Waals surface area contributed by atoms with Crippen molar-refractivity contribution in [1.82, 2.24) is 0 Å². The molecule has 0 bridgehead atoms. The third-order valence-electron chi connectivity index (χ3n) is 2.49. The summed E-state index contributed by atoms with van der Waals surface area (Å²) >= 11 is 0. The Morgan fingerprint density at radius 2 is 1.60 bits per heavy atom. The number of halogens is 1. The summed E-state index contributed by atoms with van der Waals surface area (Å²) in [6.45, 7) is -3.52. The number of carbonyl (C=O) groups excluding carboxylic acids is 1. The van der Waals surface area contributed by atoms with Gasteiger partial charge in [0.15, 0.2) is 12.5 Å². The molecule has 0 saturated heterocycles. The number of alkyl halides is 1. The largest absolute Gasteiger partial charge is 0.389 e. The monoisotopic (exact) mass is 289 g/mol. The second-order valence-electron chi connectivity index (χ2n) is 3.88. The predicted octanol–water partition coefficient (Wildman–Crippen LogP) is -0.182. The van der Waals surface area contributed by atoms with Crippen LogP contribution in [0.2, 0.25) is 0 Å². The summed E-state index contributed by atoms with van der Waals surface area (Å²) in [5, 5.41) is 35.2. The van der Waals surface area contributed by atoms with Crippen LogP contribution in [0.3, 0.4) is 0 Å². The van der Waals surface area contributed by atoms with Gasteiger partial charge in [-0.05, 0) is 0 Å². The highest BCUT2D eigenvalue weighted by molar-refractivity contribution is 5.96. The van der Waals surface area contributed by atoms with Crippen molar-refractivity contribution in [1.29, 1.82) is 0 Å². The van der Waals surface area contributed by atoms with Crippen LogP contribution >= 0.6 is 0 Å². The number of ketones is 1. The Morgan fingerprint density at radius 3 is 1.85 bits per heavy atom. The number of hydrogen-bond acceptors (Lipinski definition) is 6. The third kappa shape index (κ3) is 5.00. The standard InChI is InChI=1S/C8H7FO.C4H9NO5/c9-6-8(10)7-4-2-1-3-5-7;6-1-4(2-7,3-8)5(9)10/h1-5H,6H2;6-8H,1-3H2. The summed E-state index contributed by atoms with van der Waals surface area (Å²) in [7, 11) is 0. The van der Waals surface area contributed by atoms with Crippen LogP contribution in [0.4, 0.5) is 4.39 Å². The lowest BCUT2D eigenvalue weighted by molar-refractivity contribution is -0.580. The van der Waals surface area contributed by atoms with E-state index in [0.717, 1.165) is 0 Å². The highest BCUT2D eigenvalue weighted by Crippen LogP contribution is 2.05. The van der Waals surface area contributed by atoms with Gasteiger partial charge in [0.25, 0.3) is 5.54 Å². The Balaban J connectivity index is 0.000000361. The topological polar surface area (TPSA) is 121 Å². The zero-order chi connectivity index (χ0) is 15.6. The molecule has 0 radical (unpaired) electrons. The van der Waals surface area contributed by atoms with Gasteiger partial charge in [-0.15, -0.1) is 0 Å². The highest BCUT2D eigenvalue weighted by atomic mass is 19.1. The van der Waals surface area contributed by atoms with Gasteiger partial charge >= 0.3 is 0 Å². The molecule has 0 fully saturated rings. The van der Waals surface area contributed by atoms with Gasteiger partial charge in [0.05, 0.1) is 0 Å². The number of aliphatic hydroxyl groups is 3. The molecule has 0 saturated carbocycles. The Morgan fingerprint density at radius 1 is 1.15 bits per heavy atom. The summed E-state index contributed by atoms with van der Waals surface area (Å²) in [5.41, 5.74) is -1.55. The van der Waals surface area contributed by atoms with E-state index in [0.29, 0.717) is 5.56 Å². The average molecular weight is 289 g/mol. The Kier molecular flexibility index (Phi) is 8.21. The summed E-state index contributed by atoms with van der Waals surface area (Å²) in [6.07, 6.45) is 0. The van der Waals surface area contributed by atoms with E-state index in [-0.39, 0.29) is 0 Å². The van der Waals surface area contributed by atoms with Gasteiger partial charge in [-0.25, -0.2) is 4.39 Å². The Bertz CT molecular complexity index is 413. The minimum atomic E-state index is -1.99. The van der Waals surface area contributed by atoms with Gasteiger partial charge in [-0.1, -0.05) is 30.3 Å². The van der Waals surface area contributed by atoms with E-state index >= 15 is 0 Å². The molecule has 1 aromatic rings. The number of rotatable bonds is 6. The molecule has 8 heteroatoms. The number of nitro groups is 1. The Labute approximate surface area is 114 Å². The number of benzene rings is 1. The molecule has 7 nitrogen and oxygen atoms in total. The average Bonchev–Trinajstić information content (AvgIpc) is 2.50. The van der Waals surface area contributed by atoms with E-state index in [2.05, 4.69) is 0 Å². The van der Waals surface area contributed by atoms with Gasteiger partial charge in [-0.3, -0.25) is 14.9 Å². The summed E-state index contributed by atoms with van der Waals surface area (Å²) in [5.74, 6) is -0.458. The zero-order valence-corrected chi connectivity index (χ0v) is 10.6. The number of carbonyl (C=O) groups is 1. The van der Waals surface area contributed by atoms with Crippen molar-refractivity contribution in [3.63, 3.8) is 0 Å². The fourth-order valence-electron chi connectivity index (χ4n) is 1.02. The first kappa shape index (κ1) is 18.1. The normalized spacial score (nSPS) is 10.4. The van der Waals surface area contributed by atoms with Gasteiger partial charge in [0, 0.05) is 10.5 Å². The third-order valence-corrected chi connectivity index (χ3v) is 2.49. The highest BCUT2D eigenvalue weighted by Gasteiger charge is 2.41. The van der Waals surface area contributed by atoms with Crippen LogP contribution in [0.5, 0.6) is 0 Å². The van der Waals surface area contributed by atoms with Crippen LogP contribution in [0.1, 0.15) is 10.4 Å². The van der Waals surface area contributed by atoms with E-state index in [1.165, 1.54) is 0 Å². The smallest absolute Gasteiger partial charge is 0.289 e. The first-order chi connectivity index (χ1) is 9.47. The van der Waals surface area contributed by atoms with Crippen LogP contribution in [-0.2, 0) is 0 Å². The van der Waals surface area contributed by atoms with E-state index in [9.17, 15) is 19.3 Å². The zero-order valence-electron chi connectivity index (χ0n) is 10.6. The Hall–Kier alpha value is -1.90. The first-order valence-electron chi connectivity index (χ1n) is 5.58. The molecular weight excluding hydrogens is 273 g/mol. The molecule has 0 amide bonds. The van der Waals surface area contributed by atoms with Crippen molar-refractivity contribution in [2.75, 3.05) is 26.5 Å². The lowest BCUT2D eigenvalue weighted by Gasteiger charge is -2.16. The fraction of sp³-hybridized carbons (Fsp3) is 0.417. The molecular formula is C12H16FNO6. The molecule has 0 aromatic heterocycles. The van der Waals surface area contributed by atoms with Crippen LogP contribution in [0.25, 0.3) is 0 Å². The molecule has 112 valence electrons. The SMILES string of the molecule is O=C(CF)c1ccccc1.O=[N+]([O-])C(CO)(CO)CO. The van der Waals surface area contributed by atoms with E-state index in [1.807, 2.05) is 0 Å².